The van der Waals surface area contributed by atoms with E-state index in [1.54, 1.807) is 0 Å². The van der Waals surface area contributed by atoms with Crippen molar-refractivity contribution in [2.75, 3.05) is 0 Å². The van der Waals surface area contributed by atoms with E-state index in [1.807, 2.05) is 13.8 Å². The zero-order valence-corrected chi connectivity index (χ0v) is 16.7. The van der Waals surface area contributed by atoms with Gasteiger partial charge in [0.05, 0.1) is 0 Å². The predicted octanol–water partition coefficient (Wildman–Crippen LogP) is 3.96. The Kier molecular flexibility index (Phi) is 6.20. The first-order valence-electron chi connectivity index (χ1n) is 8.18. The van der Waals surface area contributed by atoms with Crippen molar-refractivity contribution in [2.45, 2.75) is 48.4 Å². The zero-order chi connectivity index (χ0) is 17.7. The summed E-state index contributed by atoms with van der Waals surface area (Å²) < 4.78 is 12.6. The minimum atomic E-state index is -3.96. The van der Waals surface area contributed by atoms with Crippen LogP contribution in [0.4, 0.5) is 5.69 Å². The molecule has 1 aliphatic rings. The van der Waals surface area contributed by atoms with Gasteiger partial charge >= 0.3 is 145 Å². The summed E-state index contributed by atoms with van der Waals surface area (Å²) >= 11 is -3.96. The Balaban J connectivity index is 2.47. The number of hydrogen-bond donors (Lipinski definition) is 0. The maximum atomic E-state index is 12.6. The number of fused-ring (bicyclic) bond motifs is 1. The Labute approximate surface area is 145 Å². The summed E-state index contributed by atoms with van der Waals surface area (Å²) in [6, 6.07) is 3.97. The molecule has 0 radical (unpaired) electrons. The molecule has 0 aliphatic carbocycles. The number of carbonyl (C=O) groups is 2. The summed E-state index contributed by atoms with van der Waals surface area (Å²) in [6.45, 7) is 4.03. The molecule has 0 fully saturated rings. The van der Waals surface area contributed by atoms with Gasteiger partial charge in [-0.05, 0) is 0 Å². The Morgan fingerprint density at radius 1 is 1.04 bits per heavy atom. The average Bonchev–Trinajstić information content (AvgIpc) is 2.66. The number of hydrogen-bond acceptors (Lipinski definition) is 6. The van der Waals surface area contributed by atoms with Gasteiger partial charge in [0.1, 0.15) is 0 Å². The van der Waals surface area contributed by atoms with Crippen molar-refractivity contribution in [1.82, 2.24) is 0 Å². The average molecular weight is 442 g/mol. The summed E-state index contributed by atoms with van der Waals surface area (Å²) in [4.78, 5) is 35.7. The Morgan fingerprint density at radius 3 is 2.17 bits per heavy atom. The van der Waals surface area contributed by atoms with Crippen molar-refractivity contribution in [2.24, 2.45) is 0 Å². The topological polar surface area (TPSA) is 95.7 Å². The van der Waals surface area contributed by atoms with Crippen LogP contribution in [0.3, 0.4) is 0 Å². The van der Waals surface area contributed by atoms with Gasteiger partial charge in [-0.2, -0.15) is 0 Å². The third kappa shape index (κ3) is 3.88. The molecule has 1 aliphatic heterocycles. The number of carbonyl (C=O) groups excluding carboxylic acids is 2. The van der Waals surface area contributed by atoms with Gasteiger partial charge in [0.15, 0.2) is 0 Å². The van der Waals surface area contributed by atoms with E-state index in [-0.39, 0.29) is 11.1 Å². The molecule has 0 N–H and O–H groups in total. The van der Waals surface area contributed by atoms with Gasteiger partial charge in [-0.15, -0.1) is 0 Å². The summed E-state index contributed by atoms with van der Waals surface area (Å²) in [5, 5.41) is 11.2. The number of nitrogens with zero attached hydrogens (tertiary/aromatic N) is 1. The number of rotatable bonds is 7. The summed E-state index contributed by atoms with van der Waals surface area (Å²) in [5.41, 5.74) is -0.762. The molecule has 0 saturated carbocycles. The van der Waals surface area contributed by atoms with Crippen LogP contribution in [-0.4, -0.2) is 36.1 Å². The molecule has 1 aromatic carbocycles. The molecular weight excluding hydrogens is 421 g/mol. The van der Waals surface area contributed by atoms with Gasteiger partial charge in [-0.25, -0.2) is 0 Å². The first-order valence-corrected chi connectivity index (χ1v) is 14.5. The molecule has 2 rings (SSSR count). The van der Waals surface area contributed by atoms with E-state index < -0.39 is 41.8 Å². The second-order valence-corrected chi connectivity index (χ2v) is 15.1. The van der Waals surface area contributed by atoms with Gasteiger partial charge in [0.25, 0.3) is 0 Å². The Bertz CT molecular complexity index is 652. The fourth-order valence-electron chi connectivity index (χ4n) is 2.76. The van der Waals surface area contributed by atoms with Gasteiger partial charge in [0.2, 0.25) is 0 Å². The number of benzene rings is 1. The van der Waals surface area contributed by atoms with E-state index in [1.165, 1.54) is 18.2 Å². The molecule has 24 heavy (non-hydrogen) atoms. The van der Waals surface area contributed by atoms with Crippen molar-refractivity contribution < 1.29 is 20.7 Å². The fraction of sp³-hybridized carbons (Fsp3) is 0.500. The van der Waals surface area contributed by atoms with E-state index in [4.69, 9.17) is 6.15 Å². The van der Waals surface area contributed by atoms with Gasteiger partial charge in [0, 0.05) is 0 Å². The third-order valence-electron chi connectivity index (χ3n) is 4.04. The molecule has 0 bridgehead atoms. The van der Waals surface area contributed by atoms with E-state index >= 15 is 0 Å². The molecule has 0 unspecified atom stereocenters. The first-order chi connectivity index (χ1) is 11.4. The number of unbranched alkanes of at least 4 members (excludes halogenated alkanes) is 2. The van der Waals surface area contributed by atoms with Crippen LogP contribution < -0.4 is 0 Å². The van der Waals surface area contributed by atoms with Crippen LogP contribution in [0.25, 0.3) is 0 Å². The predicted molar refractivity (Wildman–Crippen MR) is 89.1 cm³/mol. The van der Waals surface area contributed by atoms with Crippen LogP contribution in [-0.2, 0) is 6.15 Å². The molecule has 0 spiro atoms. The molecular formula is C16H21NO6Sn. The third-order valence-corrected chi connectivity index (χ3v) is 13.6. The SMILES string of the molecule is CCC[CH2][Sn]1([CH2]CCC)[O]C(=O)c2cccc([N+](=O)[O-])c2C(=O)[O]1. The molecule has 7 nitrogen and oxygen atoms in total. The van der Waals surface area contributed by atoms with E-state index in [9.17, 15) is 19.7 Å². The van der Waals surface area contributed by atoms with Crippen molar-refractivity contribution in [3.05, 3.63) is 39.4 Å². The standard InChI is InChI=1S/C8H5NO6.2C4H9.Sn/c10-7(11)4-2-1-3-5(9(14)15)6(4)8(12)13;2*1-3-4-2;/h1-3H,(H,10,11)(H,12,13);2*1,3-4H2,2H3;/q;;;+2/p-2. The number of nitro benzene ring substituents is 1. The van der Waals surface area contributed by atoms with Crippen molar-refractivity contribution in [3.8, 4) is 0 Å². The van der Waals surface area contributed by atoms with E-state index in [0.717, 1.165) is 25.7 Å². The van der Waals surface area contributed by atoms with E-state index in [0.29, 0.717) is 8.87 Å². The molecule has 0 saturated heterocycles. The molecule has 8 heteroatoms. The fourth-order valence-corrected chi connectivity index (χ4v) is 12.4. The van der Waals surface area contributed by atoms with Crippen LogP contribution in [0.5, 0.6) is 0 Å². The first kappa shape index (κ1) is 18.7. The quantitative estimate of drug-likeness (QED) is 0.361. The van der Waals surface area contributed by atoms with Crippen molar-refractivity contribution in [1.29, 1.82) is 0 Å². The van der Waals surface area contributed by atoms with Crippen LogP contribution in [0, 0.1) is 10.1 Å². The molecule has 0 atom stereocenters. The molecule has 1 aromatic rings. The summed E-state index contributed by atoms with van der Waals surface area (Å²) in [5.74, 6) is -1.45. The minimum absolute atomic E-state index is 0.0687. The van der Waals surface area contributed by atoms with Crippen molar-refractivity contribution in [3.63, 3.8) is 0 Å². The summed E-state index contributed by atoms with van der Waals surface area (Å²) in [6.07, 6.45) is 3.40. The summed E-state index contributed by atoms with van der Waals surface area (Å²) in [7, 11) is 0. The van der Waals surface area contributed by atoms with Gasteiger partial charge in [-0.1, -0.05) is 0 Å². The maximum absolute atomic E-state index is 12.6. The van der Waals surface area contributed by atoms with Crippen molar-refractivity contribution >= 4 is 36.8 Å². The van der Waals surface area contributed by atoms with Gasteiger partial charge < -0.3 is 0 Å². The second-order valence-electron chi connectivity index (χ2n) is 5.85. The monoisotopic (exact) mass is 443 g/mol. The molecule has 0 aromatic heterocycles. The van der Waals surface area contributed by atoms with Crippen LogP contribution in [0.2, 0.25) is 8.87 Å². The molecule has 130 valence electrons. The molecule has 1 heterocycles. The van der Waals surface area contributed by atoms with Gasteiger partial charge in [-0.3, -0.25) is 0 Å². The van der Waals surface area contributed by atoms with Crippen LogP contribution >= 0.6 is 0 Å². The second kappa shape index (κ2) is 7.96. The van der Waals surface area contributed by atoms with Crippen LogP contribution in [0.15, 0.2) is 18.2 Å². The Morgan fingerprint density at radius 2 is 1.62 bits per heavy atom. The Hall–Kier alpha value is -1.64. The van der Waals surface area contributed by atoms with Crippen LogP contribution in [0.1, 0.15) is 60.2 Å². The van der Waals surface area contributed by atoms with E-state index in [2.05, 4.69) is 0 Å². The molecule has 0 amide bonds. The zero-order valence-electron chi connectivity index (χ0n) is 13.9. The normalized spacial score (nSPS) is 15.9. The number of nitro groups is 1.